The van der Waals surface area contributed by atoms with E-state index in [1.807, 2.05) is 18.2 Å². The molecule has 3 heteroatoms. The predicted molar refractivity (Wildman–Crippen MR) is 74.0 cm³/mol. The average Bonchev–Trinajstić information content (AvgIpc) is 2.74. The third-order valence-electron chi connectivity index (χ3n) is 3.19. The van der Waals surface area contributed by atoms with E-state index in [0.29, 0.717) is 10.7 Å². The molecule has 2 aromatic heterocycles. The van der Waals surface area contributed by atoms with Gasteiger partial charge < -0.3 is 4.42 Å². The van der Waals surface area contributed by atoms with E-state index in [2.05, 4.69) is 23.2 Å². The first-order valence-electron chi connectivity index (χ1n) is 5.68. The van der Waals surface area contributed by atoms with E-state index < -0.39 is 0 Å². The van der Waals surface area contributed by atoms with Gasteiger partial charge in [-0.1, -0.05) is 35.9 Å². The fourth-order valence-electron chi connectivity index (χ4n) is 2.35. The minimum atomic E-state index is 0.591. The number of furan rings is 1. The lowest BCUT2D eigenvalue weighted by Crippen LogP contribution is -1.74. The minimum Gasteiger partial charge on any atom is -0.438 e. The highest BCUT2D eigenvalue weighted by molar-refractivity contribution is 6.37. The van der Waals surface area contributed by atoms with Crippen molar-refractivity contribution in [1.82, 2.24) is 4.98 Å². The summed E-state index contributed by atoms with van der Waals surface area (Å²) >= 11 is 6.23. The molecule has 0 fully saturated rings. The van der Waals surface area contributed by atoms with Crippen molar-refractivity contribution in [2.45, 2.75) is 0 Å². The van der Waals surface area contributed by atoms with Crippen molar-refractivity contribution in [1.29, 1.82) is 0 Å². The molecule has 0 aliphatic carbocycles. The molecule has 2 aromatic carbocycles. The van der Waals surface area contributed by atoms with Crippen molar-refractivity contribution in [3.8, 4) is 0 Å². The maximum atomic E-state index is 6.23. The van der Waals surface area contributed by atoms with Crippen LogP contribution in [0.15, 0.2) is 53.1 Å². The fraction of sp³-hybridized carbons (Fsp3) is 0. The van der Waals surface area contributed by atoms with Gasteiger partial charge in [0, 0.05) is 11.6 Å². The summed E-state index contributed by atoms with van der Waals surface area (Å²) in [6, 6.07) is 14.1. The van der Waals surface area contributed by atoms with Crippen LogP contribution < -0.4 is 0 Å². The Labute approximate surface area is 108 Å². The summed E-state index contributed by atoms with van der Waals surface area (Å²) in [5, 5.41) is 4.91. The molecule has 0 bridgehead atoms. The second-order valence-electron chi connectivity index (χ2n) is 4.27. The van der Waals surface area contributed by atoms with E-state index in [1.54, 1.807) is 12.3 Å². The van der Waals surface area contributed by atoms with Crippen LogP contribution >= 0.6 is 11.6 Å². The van der Waals surface area contributed by atoms with Gasteiger partial charge in [-0.15, -0.1) is 0 Å². The Kier molecular flexibility index (Phi) is 1.91. The highest BCUT2D eigenvalue weighted by Crippen LogP contribution is 2.34. The Balaban J connectivity index is 2.29. The molecule has 0 aliphatic heterocycles. The van der Waals surface area contributed by atoms with E-state index in [0.717, 1.165) is 21.7 Å². The van der Waals surface area contributed by atoms with Crippen LogP contribution in [-0.4, -0.2) is 4.98 Å². The number of rotatable bonds is 0. The molecule has 0 unspecified atom stereocenters. The zero-order valence-corrected chi connectivity index (χ0v) is 10.1. The maximum Gasteiger partial charge on any atom is 0.228 e. The number of halogens is 1. The summed E-state index contributed by atoms with van der Waals surface area (Å²) in [6.07, 6.45) is 1.66. The molecular formula is C15H8ClNO. The SMILES string of the molecule is Clc1ccnc2oc3cc4ccccc4cc3c12. The van der Waals surface area contributed by atoms with Crippen molar-refractivity contribution in [2.24, 2.45) is 0 Å². The topological polar surface area (TPSA) is 26.0 Å². The molecule has 0 saturated carbocycles. The number of hydrogen-bond acceptors (Lipinski definition) is 2. The van der Waals surface area contributed by atoms with Crippen molar-refractivity contribution in [3.63, 3.8) is 0 Å². The molecule has 2 heterocycles. The normalized spacial score (nSPS) is 11.6. The van der Waals surface area contributed by atoms with Gasteiger partial charge in [-0.05, 0) is 29.0 Å². The van der Waals surface area contributed by atoms with Gasteiger partial charge in [0.05, 0.1) is 10.4 Å². The Hall–Kier alpha value is -2.06. The van der Waals surface area contributed by atoms with Crippen LogP contribution in [0.25, 0.3) is 32.8 Å². The van der Waals surface area contributed by atoms with Gasteiger partial charge in [-0.2, -0.15) is 0 Å². The van der Waals surface area contributed by atoms with Crippen molar-refractivity contribution in [3.05, 3.63) is 53.7 Å². The quantitative estimate of drug-likeness (QED) is 0.450. The smallest absolute Gasteiger partial charge is 0.228 e. The first-order valence-corrected chi connectivity index (χ1v) is 6.06. The lowest BCUT2D eigenvalue weighted by atomic mass is 10.1. The maximum absolute atomic E-state index is 6.23. The lowest BCUT2D eigenvalue weighted by Gasteiger charge is -1.97. The molecule has 0 spiro atoms. The van der Waals surface area contributed by atoms with E-state index in [-0.39, 0.29) is 0 Å². The molecular weight excluding hydrogens is 246 g/mol. The Bertz CT molecular complexity index is 895. The fourth-order valence-corrected chi connectivity index (χ4v) is 2.58. The molecule has 0 amide bonds. The third-order valence-corrected chi connectivity index (χ3v) is 3.50. The highest BCUT2D eigenvalue weighted by atomic mass is 35.5. The molecule has 0 atom stereocenters. The van der Waals surface area contributed by atoms with E-state index in [4.69, 9.17) is 16.0 Å². The van der Waals surface area contributed by atoms with E-state index in [9.17, 15) is 0 Å². The van der Waals surface area contributed by atoms with Crippen molar-refractivity contribution < 1.29 is 4.42 Å². The Morgan fingerprint density at radius 1 is 1.00 bits per heavy atom. The van der Waals surface area contributed by atoms with Crippen LogP contribution in [0, 0.1) is 0 Å². The van der Waals surface area contributed by atoms with E-state index in [1.165, 1.54) is 5.39 Å². The lowest BCUT2D eigenvalue weighted by molar-refractivity contribution is 0.654. The summed E-state index contributed by atoms with van der Waals surface area (Å²) in [5.41, 5.74) is 1.41. The molecule has 86 valence electrons. The van der Waals surface area contributed by atoms with Crippen LogP contribution in [0.3, 0.4) is 0 Å². The largest absolute Gasteiger partial charge is 0.438 e. The molecule has 2 nitrogen and oxygen atoms in total. The number of hydrogen-bond donors (Lipinski definition) is 0. The molecule has 0 aliphatic rings. The van der Waals surface area contributed by atoms with Crippen LogP contribution in [0.5, 0.6) is 0 Å². The minimum absolute atomic E-state index is 0.591. The molecule has 4 rings (SSSR count). The number of pyridine rings is 1. The molecule has 18 heavy (non-hydrogen) atoms. The van der Waals surface area contributed by atoms with Crippen LogP contribution in [0.2, 0.25) is 5.02 Å². The molecule has 0 radical (unpaired) electrons. The van der Waals surface area contributed by atoms with Gasteiger partial charge in [-0.25, -0.2) is 4.98 Å². The van der Waals surface area contributed by atoms with Crippen molar-refractivity contribution in [2.75, 3.05) is 0 Å². The number of aromatic nitrogens is 1. The van der Waals surface area contributed by atoms with Crippen LogP contribution in [0.4, 0.5) is 0 Å². The van der Waals surface area contributed by atoms with Crippen LogP contribution in [-0.2, 0) is 0 Å². The second-order valence-corrected chi connectivity index (χ2v) is 4.68. The van der Waals surface area contributed by atoms with Gasteiger partial charge in [0.2, 0.25) is 5.71 Å². The number of benzene rings is 2. The zero-order valence-electron chi connectivity index (χ0n) is 9.35. The van der Waals surface area contributed by atoms with Gasteiger partial charge in [0.15, 0.2) is 0 Å². The number of nitrogens with zero attached hydrogens (tertiary/aromatic N) is 1. The van der Waals surface area contributed by atoms with Gasteiger partial charge in [-0.3, -0.25) is 0 Å². The third kappa shape index (κ3) is 1.27. The van der Waals surface area contributed by atoms with Gasteiger partial charge >= 0.3 is 0 Å². The average molecular weight is 254 g/mol. The molecule has 4 aromatic rings. The zero-order chi connectivity index (χ0) is 12.1. The van der Waals surface area contributed by atoms with Crippen LogP contribution in [0.1, 0.15) is 0 Å². The summed E-state index contributed by atoms with van der Waals surface area (Å²) < 4.78 is 5.75. The summed E-state index contributed by atoms with van der Waals surface area (Å²) in [7, 11) is 0. The Morgan fingerprint density at radius 2 is 1.78 bits per heavy atom. The monoisotopic (exact) mass is 253 g/mol. The standard InChI is InChI=1S/C15H8ClNO/c16-12-5-6-17-15-14(12)11-7-9-3-1-2-4-10(9)8-13(11)18-15/h1-8H. The summed E-state index contributed by atoms with van der Waals surface area (Å²) in [4.78, 5) is 4.22. The predicted octanol–water partition coefficient (Wildman–Crippen LogP) is 4.79. The number of fused-ring (bicyclic) bond motifs is 4. The molecule has 0 N–H and O–H groups in total. The second kappa shape index (κ2) is 3.47. The highest BCUT2D eigenvalue weighted by Gasteiger charge is 2.11. The van der Waals surface area contributed by atoms with Crippen molar-refractivity contribution >= 4 is 44.4 Å². The summed E-state index contributed by atoms with van der Waals surface area (Å²) in [6.45, 7) is 0. The summed E-state index contributed by atoms with van der Waals surface area (Å²) in [5.74, 6) is 0. The first kappa shape index (κ1) is 9.92. The molecule has 0 saturated heterocycles. The van der Waals surface area contributed by atoms with Gasteiger partial charge in [0.1, 0.15) is 5.58 Å². The Morgan fingerprint density at radius 3 is 2.61 bits per heavy atom. The van der Waals surface area contributed by atoms with Gasteiger partial charge in [0.25, 0.3) is 0 Å². The first-order chi connectivity index (χ1) is 8.83. The van der Waals surface area contributed by atoms with E-state index >= 15 is 0 Å².